The zero-order chi connectivity index (χ0) is 17.3. The Bertz CT molecular complexity index is 829. The summed E-state index contributed by atoms with van der Waals surface area (Å²) in [5, 5.41) is 4.19. The van der Waals surface area contributed by atoms with Gasteiger partial charge >= 0.3 is 0 Å². The van der Waals surface area contributed by atoms with Gasteiger partial charge in [0.1, 0.15) is 0 Å². The van der Waals surface area contributed by atoms with Crippen molar-refractivity contribution in [2.75, 3.05) is 18.0 Å². The van der Waals surface area contributed by atoms with Gasteiger partial charge in [-0.3, -0.25) is 4.68 Å². The van der Waals surface area contributed by atoms with Crippen molar-refractivity contribution in [2.24, 2.45) is 7.05 Å². The Balaban J connectivity index is 1.73. The van der Waals surface area contributed by atoms with Crippen LogP contribution in [0.2, 0.25) is 0 Å². The highest BCUT2D eigenvalue weighted by molar-refractivity contribution is 7.89. The van der Waals surface area contributed by atoms with Crippen LogP contribution < -0.4 is 9.62 Å². The van der Waals surface area contributed by atoms with E-state index < -0.39 is 10.0 Å². The Morgan fingerprint density at radius 2 is 2.04 bits per heavy atom. The van der Waals surface area contributed by atoms with Crippen molar-refractivity contribution < 1.29 is 8.42 Å². The molecule has 2 aromatic rings. The van der Waals surface area contributed by atoms with Gasteiger partial charge in [-0.05, 0) is 49.9 Å². The van der Waals surface area contributed by atoms with Gasteiger partial charge in [-0.1, -0.05) is 6.07 Å². The number of aromatic nitrogens is 2. The van der Waals surface area contributed by atoms with Crippen LogP contribution in [0.5, 0.6) is 0 Å². The van der Waals surface area contributed by atoms with Crippen LogP contribution in [0.1, 0.15) is 24.0 Å². The van der Waals surface area contributed by atoms with Crippen molar-refractivity contribution in [3.8, 4) is 0 Å². The van der Waals surface area contributed by atoms with E-state index in [1.165, 1.54) is 0 Å². The highest BCUT2D eigenvalue weighted by Crippen LogP contribution is 2.21. The first-order chi connectivity index (χ1) is 11.3. The zero-order valence-electron chi connectivity index (χ0n) is 14.4. The van der Waals surface area contributed by atoms with E-state index in [0.29, 0.717) is 11.4 Å². The molecule has 7 heteroatoms. The van der Waals surface area contributed by atoms with Gasteiger partial charge in [0.25, 0.3) is 0 Å². The van der Waals surface area contributed by atoms with Crippen molar-refractivity contribution in [1.82, 2.24) is 14.5 Å². The molecule has 0 spiro atoms. The second-order valence-corrected chi connectivity index (χ2v) is 8.24. The van der Waals surface area contributed by atoms with E-state index in [2.05, 4.69) is 14.7 Å². The van der Waals surface area contributed by atoms with E-state index >= 15 is 0 Å². The van der Waals surface area contributed by atoms with Gasteiger partial charge < -0.3 is 4.90 Å². The van der Waals surface area contributed by atoms with Gasteiger partial charge in [-0.25, -0.2) is 13.1 Å². The van der Waals surface area contributed by atoms with E-state index in [-0.39, 0.29) is 6.04 Å². The number of sulfonamides is 1. The van der Waals surface area contributed by atoms with Crippen LogP contribution in [-0.2, 0) is 17.1 Å². The van der Waals surface area contributed by atoms with Gasteiger partial charge in [0, 0.05) is 32.4 Å². The maximum atomic E-state index is 12.7. The molecule has 0 saturated carbocycles. The van der Waals surface area contributed by atoms with Crippen molar-refractivity contribution in [2.45, 2.75) is 37.6 Å². The quantitative estimate of drug-likeness (QED) is 0.917. The SMILES string of the molecule is Cc1ccc(S(=O)(=O)N[C@@H]2CCCN(c3cnn(C)c3)C2)cc1C. The Kier molecular flexibility index (Phi) is 4.64. The molecular weight excluding hydrogens is 324 g/mol. The van der Waals surface area contributed by atoms with Crippen molar-refractivity contribution >= 4 is 15.7 Å². The highest BCUT2D eigenvalue weighted by Gasteiger charge is 2.26. The lowest BCUT2D eigenvalue weighted by molar-refractivity contribution is 0.466. The Morgan fingerprint density at radius 1 is 1.25 bits per heavy atom. The Morgan fingerprint density at radius 3 is 2.71 bits per heavy atom. The molecule has 1 fully saturated rings. The molecule has 1 aromatic heterocycles. The van der Waals surface area contributed by atoms with Crippen LogP contribution in [0.3, 0.4) is 0 Å². The number of anilines is 1. The van der Waals surface area contributed by atoms with E-state index in [0.717, 1.165) is 36.2 Å². The van der Waals surface area contributed by atoms with Crippen LogP contribution in [-0.4, -0.2) is 37.3 Å². The van der Waals surface area contributed by atoms with Gasteiger partial charge in [-0.2, -0.15) is 5.10 Å². The molecule has 6 nitrogen and oxygen atoms in total. The van der Waals surface area contributed by atoms with Crippen molar-refractivity contribution in [3.63, 3.8) is 0 Å². The van der Waals surface area contributed by atoms with Gasteiger partial charge in [0.05, 0.1) is 16.8 Å². The molecule has 3 rings (SSSR count). The summed E-state index contributed by atoms with van der Waals surface area (Å²) < 4.78 is 30.0. The second kappa shape index (κ2) is 6.57. The number of nitrogens with one attached hydrogen (secondary N) is 1. The first kappa shape index (κ1) is 17.0. The molecule has 2 heterocycles. The van der Waals surface area contributed by atoms with E-state index in [1.54, 1.807) is 16.8 Å². The summed E-state index contributed by atoms with van der Waals surface area (Å²) in [6, 6.07) is 5.17. The second-order valence-electron chi connectivity index (χ2n) is 6.52. The summed E-state index contributed by atoms with van der Waals surface area (Å²) in [5.41, 5.74) is 3.11. The molecule has 130 valence electrons. The number of hydrogen-bond donors (Lipinski definition) is 1. The minimum Gasteiger partial charge on any atom is -0.367 e. The summed E-state index contributed by atoms with van der Waals surface area (Å²) in [6.07, 6.45) is 5.58. The number of hydrogen-bond acceptors (Lipinski definition) is 4. The molecule has 1 aliphatic rings. The van der Waals surface area contributed by atoms with Crippen LogP contribution in [0.15, 0.2) is 35.5 Å². The molecule has 0 amide bonds. The molecule has 1 saturated heterocycles. The molecular formula is C17H24N4O2S. The number of nitrogens with zero attached hydrogens (tertiary/aromatic N) is 3. The molecule has 0 bridgehead atoms. The number of aryl methyl sites for hydroxylation is 3. The number of piperidine rings is 1. The first-order valence-electron chi connectivity index (χ1n) is 8.18. The summed E-state index contributed by atoms with van der Waals surface area (Å²) in [6.45, 7) is 5.49. The van der Waals surface area contributed by atoms with Crippen LogP contribution in [0, 0.1) is 13.8 Å². The van der Waals surface area contributed by atoms with Gasteiger partial charge in [0.2, 0.25) is 10.0 Å². The fraction of sp³-hybridized carbons (Fsp3) is 0.471. The zero-order valence-corrected chi connectivity index (χ0v) is 15.2. The Labute approximate surface area is 143 Å². The third-order valence-electron chi connectivity index (χ3n) is 4.59. The minimum atomic E-state index is -3.50. The number of rotatable bonds is 4. The lowest BCUT2D eigenvalue weighted by atomic mass is 10.1. The summed E-state index contributed by atoms with van der Waals surface area (Å²) in [4.78, 5) is 2.52. The number of benzene rings is 1. The fourth-order valence-electron chi connectivity index (χ4n) is 3.05. The van der Waals surface area contributed by atoms with Gasteiger partial charge in [-0.15, -0.1) is 0 Å². The predicted molar refractivity (Wildman–Crippen MR) is 94.7 cm³/mol. The largest absolute Gasteiger partial charge is 0.367 e. The molecule has 1 atom stereocenters. The minimum absolute atomic E-state index is 0.0921. The van der Waals surface area contributed by atoms with Crippen molar-refractivity contribution in [3.05, 3.63) is 41.7 Å². The third kappa shape index (κ3) is 3.62. The molecule has 0 unspecified atom stereocenters. The van der Waals surface area contributed by atoms with Crippen LogP contribution in [0.4, 0.5) is 5.69 Å². The molecule has 1 aromatic carbocycles. The Hall–Kier alpha value is -1.86. The van der Waals surface area contributed by atoms with Gasteiger partial charge in [0.15, 0.2) is 0 Å². The summed E-state index contributed by atoms with van der Waals surface area (Å²) >= 11 is 0. The van der Waals surface area contributed by atoms with Crippen LogP contribution in [0.25, 0.3) is 0 Å². The maximum Gasteiger partial charge on any atom is 0.240 e. The lowest BCUT2D eigenvalue weighted by Crippen LogP contribution is -2.47. The standard InChI is InChI=1S/C17H24N4O2S/c1-13-6-7-17(9-14(13)2)24(22,23)19-15-5-4-8-21(11-15)16-10-18-20(3)12-16/h6-7,9-10,12,15,19H,4-5,8,11H2,1-3H3/t15-/m1/s1. The van der Waals surface area contributed by atoms with E-state index in [4.69, 9.17) is 0 Å². The monoisotopic (exact) mass is 348 g/mol. The van der Waals surface area contributed by atoms with E-state index in [9.17, 15) is 8.42 Å². The van der Waals surface area contributed by atoms with Crippen LogP contribution >= 0.6 is 0 Å². The molecule has 1 aliphatic heterocycles. The average Bonchev–Trinajstić information content (AvgIpc) is 2.96. The predicted octanol–water partition coefficient (Wildman–Crippen LogP) is 1.98. The molecule has 0 radical (unpaired) electrons. The summed E-state index contributed by atoms with van der Waals surface area (Å²) in [7, 11) is -1.61. The smallest absolute Gasteiger partial charge is 0.240 e. The average molecular weight is 348 g/mol. The van der Waals surface area contributed by atoms with E-state index in [1.807, 2.05) is 39.4 Å². The normalized spacial score (nSPS) is 18.8. The summed E-state index contributed by atoms with van der Waals surface area (Å²) in [5.74, 6) is 0. The van der Waals surface area contributed by atoms with Crippen molar-refractivity contribution in [1.29, 1.82) is 0 Å². The molecule has 0 aliphatic carbocycles. The molecule has 24 heavy (non-hydrogen) atoms. The molecule has 1 N–H and O–H groups in total. The highest BCUT2D eigenvalue weighted by atomic mass is 32.2. The third-order valence-corrected chi connectivity index (χ3v) is 6.11. The lowest BCUT2D eigenvalue weighted by Gasteiger charge is -2.33. The topological polar surface area (TPSA) is 67.2 Å². The first-order valence-corrected chi connectivity index (χ1v) is 9.66. The maximum absolute atomic E-state index is 12.7. The fourth-order valence-corrected chi connectivity index (χ4v) is 4.39.